The second kappa shape index (κ2) is 8.10. The van der Waals surface area contributed by atoms with Crippen molar-refractivity contribution in [2.24, 2.45) is 0 Å². The van der Waals surface area contributed by atoms with Crippen molar-refractivity contribution >= 4 is 0 Å². The molecule has 0 aliphatic rings. The average Bonchev–Trinajstić information content (AvgIpc) is 2.16. The molecule has 1 atom stereocenters. The predicted molar refractivity (Wildman–Crippen MR) is 58.7 cm³/mol. The zero-order chi connectivity index (χ0) is 10.1. The molecule has 0 bridgehead atoms. The van der Waals surface area contributed by atoms with E-state index in [0.29, 0.717) is 6.04 Å². The number of rotatable bonds is 7. The minimum atomic E-state index is 0.675. The van der Waals surface area contributed by atoms with Gasteiger partial charge in [-0.1, -0.05) is 6.92 Å². The lowest BCUT2D eigenvalue weighted by molar-refractivity contribution is 0.252. The minimum absolute atomic E-state index is 0.675. The Hall–Kier alpha value is -0.520. The minimum Gasteiger partial charge on any atom is -0.315 e. The summed E-state index contributed by atoms with van der Waals surface area (Å²) >= 11 is 0. The monoisotopic (exact) mass is 182 g/mol. The Morgan fingerprint density at radius 1 is 1.46 bits per heavy atom. The average molecular weight is 182 g/mol. The topological polar surface area (TPSA) is 15.3 Å². The van der Waals surface area contributed by atoms with E-state index in [1.165, 1.54) is 6.42 Å². The maximum atomic E-state index is 5.14. The summed E-state index contributed by atoms with van der Waals surface area (Å²) in [6.07, 6.45) is 7.18. The molecular weight excluding hydrogens is 160 g/mol. The van der Waals surface area contributed by atoms with Crippen LogP contribution in [0, 0.1) is 12.3 Å². The summed E-state index contributed by atoms with van der Waals surface area (Å²) in [5, 5.41) is 3.31. The summed E-state index contributed by atoms with van der Waals surface area (Å²) in [6.45, 7) is 7.53. The van der Waals surface area contributed by atoms with Gasteiger partial charge in [-0.25, -0.2) is 0 Å². The first-order valence-corrected chi connectivity index (χ1v) is 5.06. The highest BCUT2D eigenvalue weighted by Gasteiger charge is 2.04. The SMILES string of the molecule is C#CCCNCCN(C)C(C)CC. The number of terminal acetylenes is 1. The fraction of sp³-hybridized carbons (Fsp3) is 0.818. The van der Waals surface area contributed by atoms with E-state index in [0.717, 1.165) is 26.1 Å². The second-order valence-corrected chi connectivity index (χ2v) is 3.44. The molecule has 0 heterocycles. The van der Waals surface area contributed by atoms with Gasteiger partial charge < -0.3 is 10.2 Å². The molecule has 1 unspecified atom stereocenters. The summed E-state index contributed by atoms with van der Waals surface area (Å²) < 4.78 is 0. The maximum Gasteiger partial charge on any atom is 0.0211 e. The Morgan fingerprint density at radius 2 is 2.15 bits per heavy atom. The number of nitrogens with zero attached hydrogens (tertiary/aromatic N) is 1. The molecule has 0 aromatic carbocycles. The molecule has 0 saturated carbocycles. The number of hydrogen-bond acceptors (Lipinski definition) is 2. The van der Waals surface area contributed by atoms with E-state index in [4.69, 9.17) is 6.42 Å². The molecule has 0 saturated heterocycles. The molecule has 0 aromatic heterocycles. The third kappa shape index (κ3) is 6.62. The summed E-state index contributed by atoms with van der Waals surface area (Å²) in [5.41, 5.74) is 0. The molecule has 13 heavy (non-hydrogen) atoms. The predicted octanol–water partition coefficient (Wildman–Crippen LogP) is 1.33. The van der Waals surface area contributed by atoms with Crippen molar-refractivity contribution in [1.29, 1.82) is 0 Å². The van der Waals surface area contributed by atoms with Crippen LogP contribution < -0.4 is 5.32 Å². The Balaban J connectivity index is 3.27. The van der Waals surface area contributed by atoms with Crippen molar-refractivity contribution in [3.63, 3.8) is 0 Å². The Morgan fingerprint density at radius 3 is 2.69 bits per heavy atom. The molecule has 0 amide bonds. The lowest BCUT2D eigenvalue weighted by Crippen LogP contribution is -2.35. The van der Waals surface area contributed by atoms with Gasteiger partial charge in [-0.15, -0.1) is 12.3 Å². The standard InChI is InChI=1S/C11H22N2/c1-5-7-8-12-9-10-13(4)11(3)6-2/h1,11-12H,6-10H2,2-4H3. The molecule has 1 N–H and O–H groups in total. The van der Waals surface area contributed by atoms with Crippen LogP contribution in [0.5, 0.6) is 0 Å². The number of likely N-dealkylation sites (N-methyl/N-ethyl adjacent to an activating group) is 1. The Kier molecular flexibility index (Phi) is 7.77. The van der Waals surface area contributed by atoms with Crippen molar-refractivity contribution in [1.82, 2.24) is 10.2 Å². The Bertz CT molecular complexity index is 149. The van der Waals surface area contributed by atoms with Crippen molar-refractivity contribution in [3.8, 4) is 12.3 Å². The normalized spacial score (nSPS) is 12.8. The quantitative estimate of drug-likeness (QED) is 0.472. The van der Waals surface area contributed by atoms with Gasteiger partial charge in [0.1, 0.15) is 0 Å². The highest BCUT2D eigenvalue weighted by molar-refractivity contribution is 4.84. The molecule has 0 aromatic rings. The first-order chi connectivity index (χ1) is 6.22. The van der Waals surface area contributed by atoms with Crippen LogP contribution >= 0.6 is 0 Å². The lowest BCUT2D eigenvalue weighted by Gasteiger charge is -2.23. The molecular formula is C11H22N2. The molecule has 0 aliphatic carbocycles. The molecule has 76 valence electrons. The van der Waals surface area contributed by atoms with Crippen LogP contribution in [0.3, 0.4) is 0 Å². The van der Waals surface area contributed by atoms with Gasteiger partial charge >= 0.3 is 0 Å². The van der Waals surface area contributed by atoms with E-state index in [9.17, 15) is 0 Å². The zero-order valence-electron chi connectivity index (χ0n) is 9.14. The highest BCUT2D eigenvalue weighted by atomic mass is 15.1. The molecule has 0 rings (SSSR count). The van der Waals surface area contributed by atoms with E-state index in [1.807, 2.05) is 0 Å². The lowest BCUT2D eigenvalue weighted by atomic mass is 10.2. The second-order valence-electron chi connectivity index (χ2n) is 3.44. The van der Waals surface area contributed by atoms with Gasteiger partial charge in [0.25, 0.3) is 0 Å². The molecule has 0 spiro atoms. The van der Waals surface area contributed by atoms with Crippen molar-refractivity contribution in [3.05, 3.63) is 0 Å². The first-order valence-electron chi connectivity index (χ1n) is 5.06. The largest absolute Gasteiger partial charge is 0.315 e. The van der Waals surface area contributed by atoms with Crippen LogP contribution in [0.4, 0.5) is 0 Å². The van der Waals surface area contributed by atoms with Gasteiger partial charge in [-0.3, -0.25) is 0 Å². The molecule has 2 heteroatoms. The maximum absolute atomic E-state index is 5.14. The summed E-state index contributed by atoms with van der Waals surface area (Å²) in [6, 6.07) is 0.675. The van der Waals surface area contributed by atoms with Crippen LogP contribution in [0.1, 0.15) is 26.7 Å². The van der Waals surface area contributed by atoms with Gasteiger partial charge in [0, 0.05) is 32.1 Å². The number of hydrogen-bond donors (Lipinski definition) is 1. The third-order valence-corrected chi connectivity index (χ3v) is 2.43. The van der Waals surface area contributed by atoms with E-state index in [-0.39, 0.29) is 0 Å². The van der Waals surface area contributed by atoms with Crippen molar-refractivity contribution in [2.75, 3.05) is 26.7 Å². The van der Waals surface area contributed by atoms with Crippen molar-refractivity contribution in [2.45, 2.75) is 32.7 Å². The van der Waals surface area contributed by atoms with Crippen molar-refractivity contribution < 1.29 is 0 Å². The van der Waals surface area contributed by atoms with Crippen LogP contribution in [0.2, 0.25) is 0 Å². The van der Waals surface area contributed by atoms with Gasteiger partial charge in [-0.2, -0.15) is 0 Å². The van der Waals surface area contributed by atoms with E-state index in [2.05, 4.69) is 37.0 Å². The van der Waals surface area contributed by atoms with E-state index < -0.39 is 0 Å². The third-order valence-electron chi connectivity index (χ3n) is 2.43. The fourth-order valence-electron chi connectivity index (χ4n) is 1.07. The highest BCUT2D eigenvalue weighted by Crippen LogP contribution is 1.97. The molecule has 0 radical (unpaired) electrons. The fourth-order valence-corrected chi connectivity index (χ4v) is 1.07. The van der Waals surface area contributed by atoms with Gasteiger partial charge in [0.15, 0.2) is 0 Å². The van der Waals surface area contributed by atoms with E-state index in [1.54, 1.807) is 0 Å². The smallest absolute Gasteiger partial charge is 0.0211 e. The van der Waals surface area contributed by atoms with Gasteiger partial charge in [-0.05, 0) is 20.4 Å². The zero-order valence-corrected chi connectivity index (χ0v) is 9.14. The summed E-state index contributed by atoms with van der Waals surface area (Å²) in [4.78, 5) is 2.36. The molecule has 0 aliphatic heterocycles. The molecule has 0 fully saturated rings. The van der Waals surface area contributed by atoms with Crippen LogP contribution in [0.25, 0.3) is 0 Å². The van der Waals surface area contributed by atoms with Crippen LogP contribution in [-0.2, 0) is 0 Å². The number of nitrogens with one attached hydrogen (secondary N) is 1. The van der Waals surface area contributed by atoms with E-state index >= 15 is 0 Å². The summed E-state index contributed by atoms with van der Waals surface area (Å²) in [7, 11) is 2.16. The van der Waals surface area contributed by atoms with Crippen LogP contribution in [-0.4, -0.2) is 37.6 Å². The molecule has 2 nitrogen and oxygen atoms in total. The van der Waals surface area contributed by atoms with Gasteiger partial charge in [0.2, 0.25) is 0 Å². The van der Waals surface area contributed by atoms with Gasteiger partial charge in [0.05, 0.1) is 0 Å². The first kappa shape index (κ1) is 12.5. The Labute approximate surface area is 82.7 Å². The summed E-state index contributed by atoms with van der Waals surface area (Å²) in [5.74, 6) is 2.61. The van der Waals surface area contributed by atoms with Crippen LogP contribution in [0.15, 0.2) is 0 Å².